The van der Waals surface area contributed by atoms with Gasteiger partial charge in [0.05, 0.1) is 11.4 Å². The van der Waals surface area contributed by atoms with Crippen LogP contribution in [0.25, 0.3) is 5.57 Å². The Kier molecular flexibility index (Phi) is 4.18. The van der Waals surface area contributed by atoms with Gasteiger partial charge in [0.25, 0.3) is 0 Å². The molecule has 0 amide bonds. The van der Waals surface area contributed by atoms with Crippen molar-refractivity contribution < 1.29 is 0 Å². The Hall–Kier alpha value is -2.04. The van der Waals surface area contributed by atoms with Crippen LogP contribution in [0.3, 0.4) is 0 Å². The highest BCUT2D eigenvalue weighted by Crippen LogP contribution is 2.27. The molecule has 0 atom stereocenters. The number of benzene rings is 1. The molecule has 0 bridgehead atoms. The smallest absolute Gasteiger partial charge is 0.116 e. The van der Waals surface area contributed by atoms with E-state index in [4.69, 9.17) is 0 Å². The molecule has 0 saturated carbocycles. The van der Waals surface area contributed by atoms with Crippen LogP contribution in [0.15, 0.2) is 42.7 Å². The molecule has 118 valence electrons. The molecular weight excluding hydrogens is 284 g/mol. The first-order valence-corrected chi connectivity index (χ1v) is 8.39. The first-order chi connectivity index (χ1) is 11.4. The van der Waals surface area contributed by atoms with Crippen LogP contribution >= 0.6 is 0 Å². The second-order valence-corrected chi connectivity index (χ2v) is 6.28. The molecule has 2 aliphatic rings. The van der Waals surface area contributed by atoms with Crippen molar-refractivity contribution in [3.05, 3.63) is 65.2 Å². The van der Waals surface area contributed by atoms with Crippen molar-refractivity contribution in [2.75, 3.05) is 19.6 Å². The molecule has 3 heterocycles. The van der Waals surface area contributed by atoms with Crippen molar-refractivity contribution >= 4 is 5.57 Å². The van der Waals surface area contributed by atoms with E-state index in [1.807, 2.05) is 0 Å². The normalized spacial score (nSPS) is 18.3. The summed E-state index contributed by atoms with van der Waals surface area (Å²) in [4.78, 5) is 11.7. The van der Waals surface area contributed by atoms with Gasteiger partial charge >= 0.3 is 0 Å². The van der Waals surface area contributed by atoms with Gasteiger partial charge in [-0.3, -0.25) is 4.90 Å². The zero-order valence-electron chi connectivity index (χ0n) is 13.3. The maximum Gasteiger partial charge on any atom is 0.116 e. The topological polar surface area (TPSA) is 41.1 Å². The van der Waals surface area contributed by atoms with E-state index in [-0.39, 0.29) is 0 Å². The van der Waals surface area contributed by atoms with Gasteiger partial charge in [0.15, 0.2) is 0 Å². The Morgan fingerprint density at radius 2 is 2.00 bits per heavy atom. The third kappa shape index (κ3) is 3.19. The van der Waals surface area contributed by atoms with Crippen LogP contribution < -0.4 is 5.32 Å². The average molecular weight is 306 g/mol. The van der Waals surface area contributed by atoms with Gasteiger partial charge < -0.3 is 5.32 Å². The molecule has 1 N–H and O–H groups in total. The molecule has 0 saturated heterocycles. The maximum absolute atomic E-state index is 4.62. The number of nitrogens with one attached hydrogen (secondary N) is 1. The van der Waals surface area contributed by atoms with Crippen molar-refractivity contribution in [2.45, 2.75) is 25.9 Å². The van der Waals surface area contributed by atoms with Crippen LogP contribution in [0.1, 0.15) is 28.9 Å². The van der Waals surface area contributed by atoms with E-state index in [2.05, 4.69) is 56.6 Å². The number of nitrogens with zero attached hydrogens (tertiary/aromatic N) is 3. The van der Waals surface area contributed by atoms with Gasteiger partial charge in [-0.05, 0) is 24.1 Å². The highest BCUT2D eigenvalue weighted by molar-refractivity contribution is 5.66. The van der Waals surface area contributed by atoms with Gasteiger partial charge in [0.2, 0.25) is 0 Å². The van der Waals surface area contributed by atoms with E-state index in [0.29, 0.717) is 0 Å². The molecule has 4 nitrogen and oxygen atoms in total. The lowest BCUT2D eigenvalue weighted by atomic mass is 9.96. The van der Waals surface area contributed by atoms with Crippen molar-refractivity contribution in [3.8, 4) is 0 Å². The SMILES string of the molecule is C1=C(c2ncnc3c2CN(Cc2ccccc2)CC3)CCNC1. The van der Waals surface area contributed by atoms with Crippen molar-refractivity contribution in [2.24, 2.45) is 0 Å². The third-order valence-corrected chi connectivity index (χ3v) is 4.70. The highest BCUT2D eigenvalue weighted by Gasteiger charge is 2.22. The molecule has 4 heteroatoms. The van der Waals surface area contributed by atoms with Gasteiger partial charge in [-0.1, -0.05) is 36.4 Å². The Labute approximate surface area is 137 Å². The van der Waals surface area contributed by atoms with E-state index in [1.165, 1.54) is 28.1 Å². The Morgan fingerprint density at radius 1 is 1.09 bits per heavy atom. The highest BCUT2D eigenvalue weighted by atomic mass is 15.1. The van der Waals surface area contributed by atoms with Gasteiger partial charge in [0.1, 0.15) is 6.33 Å². The fraction of sp³-hybridized carbons (Fsp3) is 0.368. The zero-order chi connectivity index (χ0) is 15.5. The minimum absolute atomic E-state index is 0.946. The van der Waals surface area contributed by atoms with Crippen LogP contribution in [0.4, 0.5) is 0 Å². The van der Waals surface area contributed by atoms with E-state index in [1.54, 1.807) is 6.33 Å². The molecule has 0 aliphatic carbocycles. The van der Waals surface area contributed by atoms with Crippen LogP contribution in [0.2, 0.25) is 0 Å². The first kappa shape index (κ1) is 14.5. The molecule has 2 aliphatic heterocycles. The van der Waals surface area contributed by atoms with Gasteiger partial charge in [0, 0.05) is 38.2 Å². The van der Waals surface area contributed by atoms with Gasteiger partial charge in [-0.25, -0.2) is 9.97 Å². The summed E-state index contributed by atoms with van der Waals surface area (Å²) in [5, 5.41) is 3.38. The standard InChI is InChI=1S/C19H22N4/c1-2-4-15(5-3-1)12-23-11-8-18-17(13-23)19(22-14-21-18)16-6-9-20-10-7-16/h1-6,14,20H,7-13H2. The Morgan fingerprint density at radius 3 is 2.83 bits per heavy atom. The lowest BCUT2D eigenvalue weighted by molar-refractivity contribution is 0.242. The summed E-state index contributed by atoms with van der Waals surface area (Å²) in [5.41, 5.74) is 6.50. The molecule has 0 fully saturated rings. The third-order valence-electron chi connectivity index (χ3n) is 4.70. The molecule has 0 spiro atoms. The van der Waals surface area contributed by atoms with Crippen LogP contribution in [-0.4, -0.2) is 34.5 Å². The monoisotopic (exact) mass is 306 g/mol. The predicted molar refractivity (Wildman–Crippen MR) is 91.8 cm³/mol. The van der Waals surface area contributed by atoms with Crippen LogP contribution in [0.5, 0.6) is 0 Å². The molecule has 0 radical (unpaired) electrons. The molecule has 23 heavy (non-hydrogen) atoms. The maximum atomic E-state index is 4.62. The average Bonchev–Trinajstić information content (AvgIpc) is 2.63. The lowest BCUT2D eigenvalue weighted by Crippen LogP contribution is -2.32. The summed E-state index contributed by atoms with van der Waals surface area (Å²) < 4.78 is 0. The second-order valence-electron chi connectivity index (χ2n) is 6.28. The summed E-state index contributed by atoms with van der Waals surface area (Å²) >= 11 is 0. The Bertz CT molecular complexity index is 709. The summed E-state index contributed by atoms with van der Waals surface area (Å²) in [6.07, 6.45) is 6.09. The van der Waals surface area contributed by atoms with Gasteiger partial charge in [-0.15, -0.1) is 0 Å². The van der Waals surface area contributed by atoms with E-state index < -0.39 is 0 Å². The second kappa shape index (κ2) is 6.60. The van der Waals surface area contributed by atoms with Gasteiger partial charge in [-0.2, -0.15) is 0 Å². The molecule has 1 aromatic carbocycles. The molecule has 2 aromatic rings. The van der Waals surface area contributed by atoms with Crippen molar-refractivity contribution in [3.63, 3.8) is 0 Å². The molecular formula is C19H22N4. The number of fused-ring (bicyclic) bond motifs is 1. The predicted octanol–water partition coefficient (Wildman–Crippen LogP) is 2.41. The first-order valence-electron chi connectivity index (χ1n) is 8.39. The van der Waals surface area contributed by atoms with Crippen LogP contribution in [-0.2, 0) is 19.5 Å². The number of hydrogen-bond donors (Lipinski definition) is 1. The molecule has 4 rings (SSSR count). The largest absolute Gasteiger partial charge is 0.313 e. The summed E-state index contributed by atoms with van der Waals surface area (Å²) in [6, 6.07) is 10.7. The Balaban J connectivity index is 1.59. The molecule has 1 aromatic heterocycles. The van der Waals surface area contributed by atoms with Crippen molar-refractivity contribution in [1.82, 2.24) is 20.2 Å². The van der Waals surface area contributed by atoms with E-state index in [0.717, 1.165) is 45.6 Å². The van der Waals surface area contributed by atoms with Crippen LogP contribution in [0, 0.1) is 0 Å². The summed E-state index contributed by atoms with van der Waals surface area (Å²) in [7, 11) is 0. The lowest BCUT2D eigenvalue weighted by Gasteiger charge is -2.30. The zero-order valence-corrected chi connectivity index (χ0v) is 13.3. The number of rotatable bonds is 3. The van der Waals surface area contributed by atoms with E-state index >= 15 is 0 Å². The minimum Gasteiger partial charge on any atom is -0.313 e. The van der Waals surface area contributed by atoms with E-state index in [9.17, 15) is 0 Å². The minimum atomic E-state index is 0.946. The fourth-order valence-electron chi connectivity index (χ4n) is 3.49. The summed E-state index contributed by atoms with van der Waals surface area (Å²) in [6.45, 7) is 5.00. The van der Waals surface area contributed by atoms with Crippen molar-refractivity contribution in [1.29, 1.82) is 0 Å². The quantitative estimate of drug-likeness (QED) is 0.945. The number of aromatic nitrogens is 2. The molecule has 0 unspecified atom stereocenters. The fourth-order valence-corrected chi connectivity index (χ4v) is 3.49. The number of hydrogen-bond acceptors (Lipinski definition) is 4. The summed E-state index contributed by atoms with van der Waals surface area (Å²) in [5.74, 6) is 0.